The van der Waals surface area contributed by atoms with Crippen molar-refractivity contribution >= 4 is 0 Å². The highest BCUT2D eigenvalue weighted by Crippen LogP contribution is 2.18. The lowest BCUT2D eigenvalue weighted by molar-refractivity contribution is 0.393. The van der Waals surface area contributed by atoms with Gasteiger partial charge in [0, 0.05) is 17.9 Å². The van der Waals surface area contributed by atoms with Gasteiger partial charge in [0.05, 0.1) is 0 Å². The van der Waals surface area contributed by atoms with E-state index in [0.717, 1.165) is 23.9 Å². The van der Waals surface area contributed by atoms with Gasteiger partial charge in [-0.25, -0.2) is 9.97 Å². The maximum atomic E-state index is 4.49. The molecule has 0 N–H and O–H groups in total. The Morgan fingerprint density at radius 3 is 2.80 bits per heavy atom. The van der Waals surface area contributed by atoms with E-state index in [-0.39, 0.29) is 0 Å². The molecular formula is C12H19N3. The van der Waals surface area contributed by atoms with E-state index in [1.165, 1.54) is 25.2 Å². The number of rotatable bonds is 2. The summed E-state index contributed by atoms with van der Waals surface area (Å²) in [7, 11) is 2.19. The zero-order valence-corrected chi connectivity index (χ0v) is 9.82. The minimum atomic E-state index is 0.781. The van der Waals surface area contributed by atoms with Crippen LogP contribution in [0.25, 0.3) is 0 Å². The predicted octanol–water partition coefficient (Wildman–Crippen LogP) is 1.59. The minimum absolute atomic E-state index is 0.781. The van der Waals surface area contributed by atoms with Crippen LogP contribution in [0.15, 0.2) is 6.07 Å². The Bertz CT molecular complexity index is 328. The Morgan fingerprint density at radius 2 is 2.20 bits per heavy atom. The van der Waals surface area contributed by atoms with Crippen LogP contribution in [0.3, 0.4) is 0 Å². The van der Waals surface area contributed by atoms with E-state index >= 15 is 0 Å². The van der Waals surface area contributed by atoms with Crippen molar-refractivity contribution in [2.75, 3.05) is 20.1 Å². The van der Waals surface area contributed by atoms with Gasteiger partial charge in [-0.1, -0.05) is 0 Å². The second kappa shape index (κ2) is 4.27. The third-order valence-electron chi connectivity index (χ3n) is 3.01. The molecule has 0 unspecified atom stereocenters. The molecule has 1 aliphatic rings. The molecule has 2 heterocycles. The summed E-state index contributed by atoms with van der Waals surface area (Å²) in [4.78, 5) is 11.2. The van der Waals surface area contributed by atoms with Crippen LogP contribution in [0.2, 0.25) is 0 Å². The lowest BCUT2D eigenvalue weighted by Gasteiger charge is -2.10. The molecule has 1 aromatic heterocycles. The predicted molar refractivity (Wildman–Crippen MR) is 60.8 cm³/mol. The molecule has 1 atom stereocenters. The molecule has 3 heteroatoms. The summed E-state index contributed by atoms with van der Waals surface area (Å²) in [5, 5.41) is 0. The smallest absolute Gasteiger partial charge is 0.125 e. The largest absolute Gasteiger partial charge is 0.306 e. The Kier molecular flexibility index (Phi) is 3.00. The van der Waals surface area contributed by atoms with Crippen LogP contribution in [-0.4, -0.2) is 35.0 Å². The monoisotopic (exact) mass is 205 g/mol. The normalized spacial score (nSPS) is 22.2. The summed E-state index contributed by atoms with van der Waals surface area (Å²) in [5.74, 6) is 1.68. The zero-order valence-electron chi connectivity index (χ0n) is 9.82. The molecule has 15 heavy (non-hydrogen) atoms. The van der Waals surface area contributed by atoms with Gasteiger partial charge in [-0.3, -0.25) is 0 Å². The van der Waals surface area contributed by atoms with Crippen molar-refractivity contribution in [3.8, 4) is 0 Å². The van der Waals surface area contributed by atoms with Crippen molar-refractivity contribution in [1.29, 1.82) is 0 Å². The fourth-order valence-electron chi connectivity index (χ4n) is 2.39. The maximum absolute atomic E-state index is 4.49. The van der Waals surface area contributed by atoms with Crippen LogP contribution < -0.4 is 0 Å². The Morgan fingerprint density at radius 1 is 1.40 bits per heavy atom. The summed E-state index contributed by atoms with van der Waals surface area (Å²) < 4.78 is 0. The van der Waals surface area contributed by atoms with Crippen LogP contribution in [0, 0.1) is 19.8 Å². The lowest BCUT2D eigenvalue weighted by Crippen LogP contribution is -2.15. The molecule has 1 fully saturated rings. The van der Waals surface area contributed by atoms with Gasteiger partial charge in [-0.15, -0.1) is 0 Å². The number of aryl methyl sites for hydroxylation is 2. The topological polar surface area (TPSA) is 29.0 Å². The van der Waals surface area contributed by atoms with Gasteiger partial charge in [0.1, 0.15) is 5.82 Å². The average molecular weight is 205 g/mol. The van der Waals surface area contributed by atoms with Crippen molar-refractivity contribution in [3.05, 3.63) is 23.3 Å². The molecule has 0 spiro atoms. The van der Waals surface area contributed by atoms with Crippen LogP contribution in [0.4, 0.5) is 0 Å². The molecule has 1 aliphatic heterocycles. The number of aromatic nitrogens is 2. The van der Waals surface area contributed by atoms with Crippen molar-refractivity contribution in [1.82, 2.24) is 14.9 Å². The van der Waals surface area contributed by atoms with E-state index in [1.807, 2.05) is 13.8 Å². The molecule has 0 saturated carbocycles. The molecule has 0 amide bonds. The highest BCUT2D eigenvalue weighted by molar-refractivity contribution is 5.10. The fraction of sp³-hybridized carbons (Fsp3) is 0.667. The highest BCUT2D eigenvalue weighted by atomic mass is 15.1. The molecule has 3 nitrogen and oxygen atoms in total. The van der Waals surface area contributed by atoms with E-state index in [1.54, 1.807) is 0 Å². The van der Waals surface area contributed by atoms with Crippen molar-refractivity contribution in [2.45, 2.75) is 26.7 Å². The first-order valence-electron chi connectivity index (χ1n) is 5.63. The first kappa shape index (κ1) is 10.6. The number of hydrogen-bond donors (Lipinski definition) is 0. The van der Waals surface area contributed by atoms with Gasteiger partial charge < -0.3 is 4.90 Å². The molecular weight excluding hydrogens is 186 g/mol. The van der Waals surface area contributed by atoms with Crippen molar-refractivity contribution in [3.63, 3.8) is 0 Å². The summed E-state index contributed by atoms with van der Waals surface area (Å²) in [5.41, 5.74) is 2.30. The summed E-state index contributed by atoms with van der Waals surface area (Å²) >= 11 is 0. The SMILES string of the molecule is Cc1cc(C[C@@H]2CCN(C)C2)nc(C)n1. The highest BCUT2D eigenvalue weighted by Gasteiger charge is 2.20. The number of hydrogen-bond acceptors (Lipinski definition) is 3. The molecule has 0 aliphatic carbocycles. The van der Waals surface area contributed by atoms with Gasteiger partial charge in [0.2, 0.25) is 0 Å². The fourth-order valence-corrected chi connectivity index (χ4v) is 2.39. The Labute approximate surface area is 91.5 Å². The standard InChI is InChI=1S/C12H19N3/c1-9-6-12(14-10(2)13-9)7-11-4-5-15(3)8-11/h6,11H,4-5,7-8H2,1-3H3/t11-/m0/s1. The molecule has 2 rings (SSSR count). The van der Waals surface area contributed by atoms with Crippen molar-refractivity contribution < 1.29 is 0 Å². The second-order valence-corrected chi connectivity index (χ2v) is 4.67. The van der Waals surface area contributed by atoms with E-state index in [0.29, 0.717) is 0 Å². The summed E-state index contributed by atoms with van der Waals surface area (Å²) in [6.45, 7) is 6.45. The van der Waals surface area contributed by atoms with Crippen LogP contribution in [0.1, 0.15) is 23.6 Å². The second-order valence-electron chi connectivity index (χ2n) is 4.67. The molecule has 0 radical (unpaired) electrons. The number of nitrogens with zero attached hydrogens (tertiary/aromatic N) is 3. The Balaban J connectivity index is 2.04. The van der Waals surface area contributed by atoms with E-state index in [2.05, 4.69) is 28.0 Å². The van der Waals surface area contributed by atoms with Crippen molar-refractivity contribution in [2.24, 2.45) is 5.92 Å². The Hall–Kier alpha value is -0.960. The molecule has 0 aromatic carbocycles. The molecule has 0 bridgehead atoms. The van der Waals surface area contributed by atoms with E-state index < -0.39 is 0 Å². The van der Waals surface area contributed by atoms with Gasteiger partial charge in [-0.2, -0.15) is 0 Å². The summed E-state index contributed by atoms with van der Waals surface area (Å²) in [6, 6.07) is 2.12. The average Bonchev–Trinajstić information content (AvgIpc) is 2.49. The quantitative estimate of drug-likeness (QED) is 0.734. The first-order valence-corrected chi connectivity index (χ1v) is 5.63. The van der Waals surface area contributed by atoms with E-state index in [4.69, 9.17) is 0 Å². The van der Waals surface area contributed by atoms with Gasteiger partial charge in [0.25, 0.3) is 0 Å². The van der Waals surface area contributed by atoms with Crippen LogP contribution >= 0.6 is 0 Å². The molecule has 82 valence electrons. The van der Waals surface area contributed by atoms with Crippen LogP contribution in [-0.2, 0) is 6.42 Å². The third-order valence-corrected chi connectivity index (χ3v) is 3.01. The van der Waals surface area contributed by atoms with Gasteiger partial charge >= 0.3 is 0 Å². The molecule has 1 aromatic rings. The van der Waals surface area contributed by atoms with Gasteiger partial charge in [0.15, 0.2) is 0 Å². The number of likely N-dealkylation sites (tertiary alicyclic amines) is 1. The van der Waals surface area contributed by atoms with E-state index in [9.17, 15) is 0 Å². The first-order chi connectivity index (χ1) is 7.13. The van der Waals surface area contributed by atoms with Crippen LogP contribution in [0.5, 0.6) is 0 Å². The summed E-state index contributed by atoms with van der Waals surface area (Å²) in [6.07, 6.45) is 2.41. The third kappa shape index (κ3) is 2.75. The zero-order chi connectivity index (χ0) is 10.8. The van der Waals surface area contributed by atoms with Gasteiger partial charge in [-0.05, 0) is 52.3 Å². The minimum Gasteiger partial charge on any atom is -0.306 e. The molecule has 1 saturated heterocycles. The maximum Gasteiger partial charge on any atom is 0.125 e. The lowest BCUT2D eigenvalue weighted by atomic mass is 10.0.